The highest BCUT2D eigenvalue weighted by Gasteiger charge is 2.58. The molecule has 0 spiro atoms. The molecular weight excluding hydrogens is 1370 g/mol. The molecule has 113 heavy (non-hydrogen) atoms. The van der Waals surface area contributed by atoms with E-state index in [1.165, 1.54) is 137 Å². The molecule has 8 fully saturated rings. The maximum atomic E-state index is 6.64. The van der Waals surface area contributed by atoms with Gasteiger partial charge in [0.25, 0.3) is 0 Å². The average molecular weight is 1460 g/mol. The lowest BCUT2D eigenvalue weighted by molar-refractivity contribution is -0.0280. The van der Waals surface area contributed by atoms with E-state index in [-0.39, 0.29) is 5.41 Å². The molecule has 1 aromatic heterocycles. The van der Waals surface area contributed by atoms with Crippen molar-refractivity contribution < 1.29 is 4.42 Å². The van der Waals surface area contributed by atoms with Gasteiger partial charge < -0.3 is 24.0 Å². The molecule has 0 radical (unpaired) electrons. The number of benzene rings is 15. The number of furan rings is 1. The first-order chi connectivity index (χ1) is 55.8. The molecule has 3 unspecified atom stereocenters. The van der Waals surface area contributed by atoms with Gasteiger partial charge in [0.1, 0.15) is 5.58 Å². The lowest BCUT2D eigenvalue weighted by atomic mass is 9.42. The standard InChI is InChI=1S/C108H90N4O/c1-4-18-89(19-5-1)109(90-20-6-2-7-21-90)92-48-32-80(33-49-92)82-38-54-97(55-39-82)111(102-27-14-17-84-16-10-11-24-99(84)102)96-52-36-79(37-53-96)78-30-44-88(45-31-78)108-71-76-65-77(72-108)67-86(66-76)105(108)85-42-58-94(59-43-85)110(95-60-46-87(47-61-95)107-68-73-62-74(69-107)64-75(63-73)70-107)93-50-34-81(35-51-93)83-40-56-98(57-41-83)112(91-22-8-3-9-23-91)103-28-15-26-101-100-25-12-13-29-104(100)113-106(101)103/h1-61,73-77,86,105H,62-72H2. The van der Waals surface area contributed by atoms with Crippen LogP contribution in [0.4, 0.5) is 68.2 Å². The monoisotopic (exact) mass is 1460 g/mol. The van der Waals surface area contributed by atoms with Gasteiger partial charge in [0, 0.05) is 78.4 Å². The third kappa shape index (κ3) is 12.0. The molecular formula is C108H90N4O. The van der Waals surface area contributed by atoms with Crippen LogP contribution < -0.4 is 19.6 Å². The van der Waals surface area contributed by atoms with Gasteiger partial charge in [0.15, 0.2) is 5.58 Å². The number of hydrogen-bond donors (Lipinski definition) is 0. The normalized spacial score (nSPS) is 21.8. The van der Waals surface area contributed by atoms with Crippen molar-refractivity contribution in [3.8, 4) is 33.4 Å². The van der Waals surface area contributed by atoms with E-state index in [0.717, 1.165) is 108 Å². The van der Waals surface area contributed by atoms with Crippen molar-refractivity contribution in [3.05, 3.63) is 387 Å². The van der Waals surface area contributed by atoms with Crippen LogP contribution in [0.25, 0.3) is 66.1 Å². The van der Waals surface area contributed by atoms with Crippen LogP contribution >= 0.6 is 0 Å². The van der Waals surface area contributed by atoms with Crippen molar-refractivity contribution in [2.75, 3.05) is 19.6 Å². The molecule has 3 atom stereocenters. The molecule has 1 heterocycles. The number of rotatable bonds is 18. The van der Waals surface area contributed by atoms with Crippen molar-refractivity contribution in [1.82, 2.24) is 0 Å². The van der Waals surface area contributed by atoms with E-state index in [0.29, 0.717) is 17.3 Å². The third-order valence-electron chi connectivity index (χ3n) is 27.4. The molecule has 15 aromatic carbocycles. The number of anilines is 12. The van der Waals surface area contributed by atoms with E-state index >= 15 is 0 Å². The molecule has 8 aliphatic rings. The predicted octanol–water partition coefficient (Wildman–Crippen LogP) is 29.9. The van der Waals surface area contributed by atoms with Crippen LogP contribution in [0.15, 0.2) is 374 Å². The topological polar surface area (TPSA) is 26.1 Å². The fraction of sp³-hybridized carbons (Fsp3) is 0.185. The summed E-state index contributed by atoms with van der Waals surface area (Å²) < 4.78 is 6.64. The first-order valence-corrected chi connectivity index (χ1v) is 41.4. The minimum Gasteiger partial charge on any atom is -0.454 e. The number of fused-ring (bicyclic) bond motifs is 4. The van der Waals surface area contributed by atoms with Gasteiger partial charge in [0.2, 0.25) is 0 Å². The highest BCUT2D eigenvalue weighted by molar-refractivity contribution is 6.10. The Balaban J connectivity index is 0.553. The Bertz CT molecular complexity index is 6030. The molecule has 8 aliphatic carbocycles. The van der Waals surface area contributed by atoms with E-state index in [4.69, 9.17) is 4.42 Å². The summed E-state index contributed by atoms with van der Waals surface area (Å²) in [5, 5.41) is 4.67. The van der Waals surface area contributed by atoms with E-state index in [2.05, 4.69) is 384 Å². The van der Waals surface area contributed by atoms with Crippen molar-refractivity contribution in [2.24, 2.45) is 35.5 Å². The molecule has 0 amide bonds. The second-order valence-electron chi connectivity index (χ2n) is 34.0. The van der Waals surface area contributed by atoms with Gasteiger partial charge in [-0.3, -0.25) is 0 Å². The summed E-state index contributed by atoms with van der Waals surface area (Å²) in [5.41, 5.74) is 27.5. The van der Waals surface area contributed by atoms with Crippen LogP contribution in [0, 0.1) is 35.5 Å². The van der Waals surface area contributed by atoms with E-state index < -0.39 is 0 Å². The van der Waals surface area contributed by atoms with Gasteiger partial charge >= 0.3 is 0 Å². The molecule has 0 saturated heterocycles. The SMILES string of the molecule is c1ccc(N(c2ccccc2)c2ccc(-c3ccc(N(c4ccc(-c5ccc(C67CC8CC(CC(C8)C6c6ccc(N(c8ccc(-c9ccc(N(c%10ccccc%10)c%10cccc%11c%10oc%10ccccc%10%11)cc9)cc8)c8ccc(C9%10CC%11CC(CC(C%11)C9)C%10)cc8)cc6)C7)cc5)cc4)c4cccc5ccccc45)cc3)cc2)cc1. The second-order valence-corrected chi connectivity index (χ2v) is 34.0. The zero-order chi connectivity index (χ0) is 74.6. The fourth-order valence-electron chi connectivity index (χ4n) is 23.1. The smallest absolute Gasteiger partial charge is 0.159 e. The minimum atomic E-state index is 0.0891. The highest BCUT2D eigenvalue weighted by Crippen LogP contribution is 2.67. The first-order valence-electron chi connectivity index (χ1n) is 41.4. The van der Waals surface area contributed by atoms with Crippen molar-refractivity contribution in [3.63, 3.8) is 0 Å². The molecule has 5 nitrogen and oxygen atoms in total. The zero-order valence-corrected chi connectivity index (χ0v) is 63.7. The van der Waals surface area contributed by atoms with Gasteiger partial charge in [-0.25, -0.2) is 0 Å². The highest BCUT2D eigenvalue weighted by atomic mass is 16.3. The van der Waals surface area contributed by atoms with Crippen LogP contribution in [0.3, 0.4) is 0 Å². The van der Waals surface area contributed by atoms with Crippen LogP contribution in [0.1, 0.15) is 93.2 Å². The minimum absolute atomic E-state index is 0.0891. The Morgan fingerprint density at radius 2 is 0.566 bits per heavy atom. The van der Waals surface area contributed by atoms with Crippen LogP contribution in [0.5, 0.6) is 0 Å². The lowest BCUT2D eigenvalue weighted by Crippen LogP contribution is -2.53. The Labute approximate surface area is 663 Å². The summed E-state index contributed by atoms with van der Waals surface area (Å²) in [6, 6.07) is 138. The van der Waals surface area contributed by atoms with Crippen LogP contribution in [-0.4, -0.2) is 0 Å². The largest absolute Gasteiger partial charge is 0.454 e. The maximum Gasteiger partial charge on any atom is 0.159 e. The van der Waals surface area contributed by atoms with Crippen molar-refractivity contribution in [1.29, 1.82) is 0 Å². The number of nitrogens with zero attached hydrogens (tertiary/aromatic N) is 4. The summed E-state index contributed by atoms with van der Waals surface area (Å²) in [7, 11) is 0. The Morgan fingerprint density at radius 1 is 0.239 bits per heavy atom. The average Bonchev–Trinajstić information content (AvgIpc) is 1.65. The van der Waals surface area contributed by atoms with E-state index in [1.807, 2.05) is 6.07 Å². The summed E-state index contributed by atoms with van der Waals surface area (Å²) in [6.07, 6.45) is 15.1. The summed E-state index contributed by atoms with van der Waals surface area (Å²) >= 11 is 0. The zero-order valence-electron chi connectivity index (χ0n) is 63.7. The predicted molar refractivity (Wildman–Crippen MR) is 471 cm³/mol. The van der Waals surface area contributed by atoms with Gasteiger partial charge in [-0.1, -0.05) is 231 Å². The van der Waals surface area contributed by atoms with Crippen LogP contribution in [0.2, 0.25) is 0 Å². The van der Waals surface area contributed by atoms with Crippen LogP contribution in [-0.2, 0) is 10.8 Å². The number of hydrogen-bond acceptors (Lipinski definition) is 5. The summed E-state index contributed by atoms with van der Waals surface area (Å²) in [6.45, 7) is 0. The number of para-hydroxylation sites is 5. The molecule has 548 valence electrons. The maximum absolute atomic E-state index is 6.64. The van der Waals surface area contributed by atoms with Gasteiger partial charge in [-0.15, -0.1) is 0 Å². The summed E-state index contributed by atoms with van der Waals surface area (Å²) in [5.74, 6) is 5.39. The van der Waals surface area contributed by atoms with Gasteiger partial charge in [-0.05, 0) is 312 Å². The fourth-order valence-corrected chi connectivity index (χ4v) is 23.1. The van der Waals surface area contributed by atoms with Crippen molar-refractivity contribution in [2.45, 2.75) is 87.4 Å². The molecule has 0 aliphatic heterocycles. The molecule has 8 bridgehead atoms. The molecule has 0 N–H and O–H groups in total. The second kappa shape index (κ2) is 27.8. The van der Waals surface area contributed by atoms with Gasteiger partial charge in [-0.2, -0.15) is 0 Å². The Morgan fingerprint density at radius 3 is 1.04 bits per heavy atom. The third-order valence-corrected chi connectivity index (χ3v) is 27.4. The molecule has 16 aromatic rings. The quantitative estimate of drug-likeness (QED) is 0.0853. The Hall–Kier alpha value is -12.4. The van der Waals surface area contributed by atoms with Crippen molar-refractivity contribution >= 4 is 101 Å². The lowest BCUT2D eigenvalue weighted by Gasteiger charge is -2.62. The van der Waals surface area contributed by atoms with E-state index in [9.17, 15) is 0 Å². The first kappa shape index (κ1) is 67.5. The Kier molecular flexibility index (Phi) is 16.6. The van der Waals surface area contributed by atoms with E-state index in [1.54, 1.807) is 5.56 Å². The molecule has 8 saturated carbocycles. The molecule has 24 rings (SSSR count). The van der Waals surface area contributed by atoms with Gasteiger partial charge in [0.05, 0.1) is 11.4 Å². The summed E-state index contributed by atoms with van der Waals surface area (Å²) in [4.78, 5) is 9.60. The molecule has 5 heteroatoms.